The molecule has 2 heterocycles. The standard InChI is InChI=1S/C29H25NO7/c1-16-10-20(36-29(32)17-6-9-23(34-4)24(11-17)35-5)14-25-27(16)28(31)26(37-25)12-18-15-30(2)22-8-7-19(33-3)13-21(18)22/h6-15H,1-5H3/b26-12-. The summed E-state index contributed by atoms with van der Waals surface area (Å²) >= 11 is 0. The van der Waals surface area contributed by atoms with Gasteiger partial charge in [0.05, 0.1) is 32.5 Å². The minimum absolute atomic E-state index is 0.191. The second kappa shape index (κ2) is 9.39. The summed E-state index contributed by atoms with van der Waals surface area (Å²) in [6.07, 6.45) is 3.65. The Hall–Kier alpha value is -4.72. The summed E-state index contributed by atoms with van der Waals surface area (Å²) < 4.78 is 29.4. The molecule has 8 heteroatoms. The van der Waals surface area contributed by atoms with Crippen LogP contribution in [0.25, 0.3) is 17.0 Å². The van der Waals surface area contributed by atoms with Crippen LogP contribution in [0.1, 0.15) is 31.8 Å². The Morgan fingerprint density at radius 1 is 0.919 bits per heavy atom. The van der Waals surface area contributed by atoms with Crippen LogP contribution in [-0.4, -0.2) is 37.6 Å². The van der Waals surface area contributed by atoms with Gasteiger partial charge in [-0.1, -0.05) is 0 Å². The van der Waals surface area contributed by atoms with Crippen LogP contribution in [0.5, 0.6) is 28.7 Å². The predicted octanol–water partition coefficient (Wildman–Crippen LogP) is 5.35. The van der Waals surface area contributed by atoms with E-state index in [0.717, 1.165) is 22.2 Å². The fourth-order valence-electron chi connectivity index (χ4n) is 4.45. The van der Waals surface area contributed by atoms with E-state index in [-0.39, 0.29) is 17.3 Å². The number of allylic oxidation sites excluding steroid dienone is 1. The van der Waals surface area contributed by atoms with Gasteiger partial charge in [-0.05, 0) is 61.0 Å². The van der Waals surface area contributed by atoms with Gasteiger partial charge in [0.25, 0.3) is 0 Å². The Morgan fingerprint density at radius 2 is 1.70 bits per heavy atom. The van der Waals surface area contributed by atoms with Gasteiger partial charge in [-0.3, -0.25) is 4.79 Å². The van der Waals surface area contributed by atoms with Gasteiger partial charge in [-0.15, -0.1) is 0 Å². The third-order valence-electron chi connectivity index (χ3n) is 6.29. The van der Waals surface area contributed by atoms with E-state index in [1.165, 1.54) is 14.2 Å². The Morgan fingerprint density at radius 3 is 2.43 bits per heavy atom. The normalized spacial score (nSPS) is 13.4. The first-order valence-corrected chi connectivity index (χ1v) is 11.5. The highest BCUT2D eigenvalue weighted by Gasteiger charge is 2.31. The highest BCUT2D eigenvalue weighted by atomic mass is 16.5. The van der Waals surface area contributed by atoms with Gasteiger partial charge in [0, 0.05) is 35.8 Å². The number of ether oxygens (including phenoxy) is 5. The van der Waals surface area contributed by atoms with E-state index < -0.39 is 5.97 Å². The summed E-state index contributed by atoms with van der Waals surface area (Å²) in [4.78, 5) is 26.0. The molecule has 0 amide bonds. The third-order valence-corrected chi connectivity index (χ3v) is 6.29. The van der Waals surface area contributed by atoms with Crippen LogP contribution in [0, 0.1) is 6.92 Å². The van der Waals surface area contributed by atoms with Crippen molar-refractivity contribution in [3.8, 4) is 28.7 Å². The number of hydrogen-bond donors (Lipinski definition) is 0. The summed E-state index contributed by atoms with van der Waals surface area (Å²) in [5.74, 6) is 1.62. The van der Waals surface area contributed by atoms with Crippen molar-refractivity contribution in [3.63, 3.8) is 0 Å². The molecule has 1 aromatic heterocycles. The molecule has 8 nitrogen and oxygen atoms in total. The number of Topliss-reactive ketones (excluding diaryl/α,β-unsaturated/α-hetero) is 1. The molecule has 0 radical (unpaired) electrons. The molecule has 188 valence electrons. The first kappa shape index (κ1) is 24.0. The van der Waals surface area contributed by atoms with Gasteiger partial charge < -0.3 is 28.3 Å². The number of methoxy groups -OCH3 is 3. The summed E-state index contributed by atoms with van der Waals surface area (Å²) in [5, 5.41) is 0.933. The van der Waals surface area contributed by atoms with Gasteiger partial charge in [0.2, 0.25) is 5.78 Å². The van der Waals surface area contributed by atoms with Crippen molar-refractivity contribution in [3.05, 3.63) is 82.7 Å². The Labute approximate surface area is 213 Å². The SMILES string of the molecule is COc1ccc2c(c1)c(/C=C1\Oc3cc(OC(=O)c4ccc(OC)c(OC)c4)cc(C)c3C1=O)cn2C. The van der Waals surface area contributed by atoms with E-state index in [0.29, 0.717) is 33.9 Å². The van der Waals surface area contributed by atoms with Crippen molar-refractivity contribution in [2.24, 2.45) is 7.05 Å². The van der Waals surface area contributed by atoms with Gasteiger partial charge in [-0.2, -0.15) is 0 Å². The molecule has 3 aromatic carbocycles. The van der Waals surface area contributed by atoms with E-state index in [1.807, 2.05) is 36.0 Å². The Balaban J connectivity index is 1.44. The van der Waals surface area contributed by atoms with Gasteiger partial charge in [0.1, 0.15) is 17.2 Å². The van der Waals surface area contributed by atoms with Gasteiger partial charge in [0.15, 0.2) is 17.3 Å². The lowest BCUT2D eigenvalue weighted by Crippen LogP contribution is -2.09. The van der Waals surface area contributed by atoms with Gasteiger partial charge >= 0.3 is 5.97 Å². The van der Waals surface area contributed by atoms with Gasteiger partial charge in [-0.25, -0.2) is 4.79 Å². The first-order chi connectivity index (χ1) is 17.8. The average Bonchev–Trinajstić information content (AvgIpc) is 3.38. The third kappa shape index (κ3) is 4.27. The smallest absolute Gasteiger partial charge is 0.343 e. The summed E-state index contributed by atoms with van der Waals surface area (Å²) in [5.41, 5.74) is 3.19. The maximum atomic E-state index is 13.2. The number of hydrogen-bond acceptors (Lipinski definition) is 7. The van der Waals surface area contributed by atoms with Crippen molar-refractivity contribution >= 4 is 28.7 Å². The average molecular weight is 500 g/mol. The predicted molar refractivity (Wildman–Crippen MR) is 138 cm³/mol. The minimum Gasteiger partial charge on any atom is -0.497 e. The van der Waals surface area contributed by atoms with E-state index in [9.17, 15) is 9.59 Å². The summed E-state index contributed by atoms with van der Waals surface area (Å²) in [6.45, 7) is 1.78. The molecule has 0 unspecified atom stereocenters. The molecule has 0 fully saturated rings. The van der Waals surface area contributed by atoms with Crippen molar-refractivity contribution in [1.82, 2.24) is 4.57 Å². The molecule has 0 bridgehead atoms. The zero-order valence-electron chi connectivity index (χ0n) is 21.1. The Kier molecular flexibility index (Phi) is 6.09. The number of fused-ring (bicyclic) bond motifs is 2. The van der Waals surface area contributed by atoms with Crippen LogP contribution in [0.4, 0.5) is 0 Å². The molecule has 1 aliphatic rings. The number of aryl methyl sites for hydroxylation is 2. The van der Waals surface area contributed by atoms with Crippen LogP contribution in [0.3, 0.4) is 0 Å². The maximum Gasteiger partial charge on any atom is 0.343 e. The van der Waals surface area contributed by atoms with Crippen LogP contribution >= 0.6 is 0 Å². The van der Waals surface area contributed by atoms with Crippen molar-refractivity contribution in [2.45, 2.75) is 6.92 Å². The number of carbonyl (C=O) groups excluding carboxylic acids is 2. The molecular weight excluding hydrogens is 474 g/mol. The number of benzene rings is 3. The van der Waals surface area contributed by atoms with E-state index in [2.05, 4.69) is 0 Å². The molecule has 0 atom stereocenters. The summed E-state index contributed by atoms with van der Waals surface area (Å²) in [7, 11) is 6.56. The molecule has 37 heavy (non-hydrogen) atoms. The second-order valence-corrected chi connectivity index (χ2v) is 8.59. The number of carbonyl (C=O) groups is 2. The molecule has 0 saturated heterocycles. The van der Waals surface area contributed by atoms with E-state index in [4.69, 9.17) is 23.7 Å². The lowest BCUT2D eigenvalue weighted by molar-refractivity contribution is 0.0734. The van der Waals surface area contributed by atoms with Crippen molar-refractivity contribution in [1.29, 1.82) is 0 Å². The zero-order valence-corrected chi connectivity index (χ0v) is 21.1. The number of rotatable bonds is 6. The number of aromatic nitrogens is 1. The van der Waals surface area contributed by atoms with Crippen molar-refractivity contribution < 1.29 is 33.3 Å². The molecule has 0 N–H and O–H groups in total. The number of esters is 1. The van der Waals surface area contributed by atoms with E-state index >= 15 is 0 Å². The van der Waals surface area contributed by atoms with Crippen LogP contribution < -0.4 is 23.7 Å². The van der Waals surface area contributed by atoms with E-state index in [1.54, 1.807) is 50.4 Å². The largest absolute Gasteiger partial charge is 0.497 e. The first-order valence-electron chi connectivity index (χ1n) is 11.5. The quantitative estimate of drug-likeness (QED) is 0.201. The number of nitrogens with zero attached hydrogens (tertiary/aromatic N) is 1. The molecule has 0 aliphatic carbocycles. The van der Waals surface area contributed by atoms with Crippen molar-refractivity contribution in [2.75, 3.05) is 21.3 Å². The van der Waals surface area contributed by atoms with Crippen LogP contribution in [0.2, 0.25) is 0 Å². The topological polar surface area (TPSA) is 85.2 Å². The highest BCUT2D eigenvalue weighted by molar-refractivity contribution is 6.16. The fraction of sp³-hybridized carbons (Fsp3) is 0.172. The lowest BCUT2D eigenvalue weighted by atomic mass is 10.0. The monoisotopic (exact) mass is 499 g/mol. The fourth-order valence-corrected chi connectivity index (χ4v) is 4.45. The highest BCUT2D eigenvalue weighted by Crippen LogP contribution is 2.39. The van der Waals surface area contributed by atoms with Crippen LogP contribution in [0.15, 0.2) is 60.5 Å². The molecule has 1 aliphatic heterocycles. The molecule has 0 saturated carbocycles. The Bertz CT molecular complexity index is 1600. The second-order valence-electron chi connectivity index (χ2n) is 8.59. The zero-order chi connectivity index (χ0) is 26.3. The molecular formula is C29H25NO7. The molecule has 0 spiro atoms. The molecule has 5 rings (SSSR count). The minimum atomic E-state index is -0.579. The molecule has 4 aromatic rings. The summed E-state index contributed by atoms with van der Waals surface area (Å²) in [6, 6.07) is 13.7. The number of ketones is 1. The van der Waals surface area contributed by atoms with Crippen LogP contribution in [-0.2, 0) is 7.05 Å². The lowest BCUT2D eigenvalue weighted by Gasteiger charge is -2.10. The maximum absolute atomic E-state index is 13.2.